The summed E-state index contributed by atoms with van der Waals surface area (Å²) in [5, 5.41) is 9.31. The summed E-state index contributed by atoms with van der Waals surface area (Å²) in [4.78, 5) is 1.84. The van der Waals surface area contributed by atoms with Crippen LogP contribution in [0.3, 0.4) is 0 Å². The Kier molecular flexibility index (Phi) is 4.20. The van der Waals surface area contributed by atoms with Gasteiger partial charge in [-0.1, -0.05) is 22.0 Å². The van der Waals surface area contributed by atoms with Crippen molar-refractivity contribution in [3.05, 3.63) is 39.9 Å². The molecule has 104 valence electrons. The van der Waals surface area contributed by atoms with Crippen molar-refractivity contribution in [3.8, 4) is 0 Å². The number of hydrogen-bond acceptors (Lipinski definition) is 2. The molecule has 0 radical (unpaired) electrons. The Labute approximate surface area is 117 Å². The van der Waals surface area contributed by atoms with E-state index in [0.29, 0.717) is 12.1 Å². The Morgan fingerprint density at radius 3 is 2.58 bits per heavy atom. The van der Waals surface area contributed by atoms with E-state index in [-0.39, 0.29) is 19.6 Å². The fraction of sp³-hybridized carbons (Fsp3) is 0.385. The van der Waals surface area contributed by atoms with Crippen LogP contribution in [0.25, 0.3) is 0 Å². The summed E-state index contributed by atoms with van der Waals surface area (Å²) >= 11 is 3.31. The van der Waals surface area contributed by atoms with E-state index in [2.05, 4.69) is 15.9 Å². The van der Waals surface area contributed by atoms with Gasteiger partial charge in [0.15, 0.2) is 0 Å². The highest BCUT2D eigenvalue weighted by molar-refractivity contribution is 9.10. The van der Waals surface area contributed by atoms with E-state index >= 15 is 0 Å². The first-order chi connectivity index (χ1) is 8.91. The Hall–Kier alpha value is -1.01. The van der Waals surface area contributed by atoms with Crippen molar-refractivity contribution in [2.45, 2.75) is 19.2 Å². The third-order valence-corrected chi connectivity index (χ3v) is 3.62. The van der Waals surface area contributed by atoms with Crippen LogP contribution < -0.4 is 4.90 Å². The smallest absolute Gasteiger partial charge is 0.392 e. The van der Waals surface area contributed by atoms with Crippen molar-refractivity contribution in [1.82, 2.24) is 0 Å². The lowest BCUT2D eigenvalue weighted by molar-refractivity contribution is -0.0944. The predicted octanol–water partition coefficient (Wildman–Crippen LogP) is 3.64. The quantitative estimate of drug-likeness (QED) is 0.834. The Morgan fingerprint density at radius 1 is 1.32 bits per heavy atom. The lowest BCUT2D eigenvalue weighted by atomic mass is 10.1. The van der Waals surface area contributed by atoms with Crippen LogP contribution in [0, 0.1) is 0 Å². The number of nitrogens with zero attached hydrogens (tertiary/aromatic N) is 1. The average Bonchev–Trinajstić information content (AvgIpc) is 2.37. The predicted molar refractivity (Wildman–Crippen MR) is 71.0 cm³/mol. The van der Waals surface area contributed by atoms with Crippen LogP contribution in [0.5, 0.6) is 0 Å². The molecular formula is C13H13BrF3NO. The molecule has 1 aromatic rings. The van der Waals surface area contributed by atoms with E-state index in [1.165, 1.54) is 6.08 Å². The molecule has 0 aliphatic carbocycles. The molecule has 1 aromatic carbocycles. The molecule has 0 spiro atoms. The Bertz CT molecular complexity index is 499. The van der Waals surface area contributed by atoms with Crippen LogP contribution in [-0.2, 0) is 6.61 Å². The molecule has 0 bridgehead atoms. The first-order valence-corrected chi connectivity index (χ1v) is 6.61. The van der Waals surface area contributed by atoms with Gasteiger partial charge in [-0.2, -0.15) is 13.2 Å². The SMILES string of the molecule is OCc1cc(Br)ccc1N1CC=C(C(F)(F)F)CC1. The van der Waals surface area contributed by atoms with Gasteiger partial charge in [-0.05, 0) is 24.6 Å². The highest BCUT2D eigenvalue weighted by atomic mass is 79.9. The van der Waals surface area contributed by atoms with Gasteiger partial charge in [0, 0.05) is 34.4 Å². The van der Waals surface area contributed by atoms with Crippen LogP contribution in [0.2, 0.25) is 0 Å². The minimum absolute atomic E-state index is 0.0234. The van der Waals surface area contributed by atoms with Crippen molar-refractivity contribution < 1.29 is 18.3 Å². The molecule has 1 aliphatic heterocycles. The van der Waals surface area contributed by atoms with Crippen molar-refractivity contribution in [3.63, 3.8) is 0 Å². The molecule has 0 saturated carbocycles. The number of hydrogen-bond donors (Lipinski definition) is 1. The van der Waals surface area contributed by atoms with Crippen molar-refractivity contribution in [1.29, 1.82) is 0 Å². The fourth-order valence-electron chi connectivity index (χ4n) is 2.13. The summed E-state index contributed by atoms with van der Waals surface area (Å²) in [5.74, 6) is 0. The van der Waals surface area contributed by atoms with Crippen molar-refractivity contribution in [2.24, 2.45) is 0 Å². The van der Waals surface area contributed by atoms with Gasteiger partial charge in [0.05, 0.1) is 6.61 Å². The zero-order valence-electron chi connectivity index (χ0n) is 10.0. The minimum atomic E-state index is -4.23. The molecule has 0 aromatic heterocycles. The number of anilines is 1. The first-order valence-electron chi connectivity index (χ1n) is 5.82. The fourth-order valence-corrected chi connectivity index (χ4v) is 2.54. The maximum atomic E-state index is 12.5. The van der Waals surface area contributed by atoms with Gasteiger partial charge in [-0.25, -0.2) is 0 Å². The third-order valence-electron chi connectivity index (χ3n) is 3.13. The summed E-state index contributed by atoms with van der Waals surface area (Å²) in [7, 11) is 0. The maximum absolute atomic E-state index is 12.5. The number of aliphatic hydroxyl groups is 1. The molecule has 1 N–H and O–H groups in total. The van der Waals surface area contributed by atoms with Crippen molar-refractivity contribution >= 4 is 21.6 Å². The van der Waals surface area contributed by atoms with Crippen LogP contribution in [-0.4, -0.2) is 24.4 Å². The topological polar surface area (TPSA) is 23.5 Å². The molecule has 0 amide bonds. The van der Waals surface area contributed by atoms with Gasteiger partial charge in [-0.3, -0.25) is 0 Å². The van der Waals surface area contributed by atoms with E-state index in [1.54, 1.807) is 6.07 Å². The minimum Gasteiger partial charge on any atom is -0.392 e. The molecule has 1 aliphatic rings. The molecule has 0 saturated heterocycles. The van der Waals surface area contributed by atoms with Crippen LogP contribution >= 0.6 is 15.9 Å². The standard InChI is InChI=1S/C13H13BrF3NO/c14-11-1-2-12(9(7-11)8-19)18-5-3-10(4-6-18)13(15,16)17/h1-3,7,19H,4-6,8H2. The summed E-state index contributed by atoms with van der Waals surface area (Å²) in [6.45, 7) is 0.380. The average molecular weight is 336 g/mol. The lowest BCUT2D eigenvalue weighted by Gasteiger charge is -2.30. The second-order valence-corrected chi connectivity index (χ2v) is 5.27. The monoisotopic (exact) mass is 335 g/mol. The number of alkyl halides is 3. The molecular weight excluding hydrogens is 323 g/mol. The molecule has 2 rings (SSSR count). The van der Waals surface area contributed by atoms with Gasteiger partial charge in [0.25, 0.3) is 0 Å². The maximum Gasteiger partial charge on any atom is 0.412 e. The van der Waals surface area contributed by atoms with E-state index in [9.17, 15) is 18.3 Å². The molecule has 0 atom stereocenters. The molecule has 0 fully saturated rings. The number of benzene rings is 1. The molecule has 6 heteroatoms. The zero-order chi connectivity index (χ0) is 14.0. The van der Waals surface area contributed by atoms with E-state index < -0.39 is 11.7 Å². The summed E-state index contributed by atoms with van der Waals surface area (Å²) in [6, 6.07) is 5.40. The molecule has 19 heavy (non-hydrogen) atoms. The normalized spacial score (nSPS) is 16.5. The van der Waals surface area contributed by atoms with Gasteiger partial charge in [-0.15, -0.1) is 0 Å². The highest BCUT2D eigenvalue weighted by Gasteiger charge is 2.34. The first kappa shape index (κ1) is 14.4. The second kappa shape index (κ2) is 5.54. The van der Waals surface area contributed by atoms with E-state index in [0.717, 1.165) is 10.2 Å². The number of rotatable bonds is 2. The number of halogens is 4. The van der Waals surface area contributed by atoms with Gasteiger partial charge in [0.1, 0.15) is 0 Å². The van der Waals surface area contributed by atoms with E-state index in [4.69, 9.17) is 0 Å². The van der Waals surface area contributed by atoms with Crippen LogP contribution in [0.1, 0.15) is 12.0 Å². The third kappa shape index (κ3) is 3.30. The molecule has 0 unspecified atom stereocenters. The lowest BCUT2D eigenvalue weighted by Crippen LogP contribution is -2.32. The van der Waals surface area contributed by atoms with E-state index in [1.807, 2.05) is 17.0 Å². The van der Waals surface area contributed by atoms with Gasteiger partial charge >= 0.3 is 6.18 Å². The second-order valence-electron chi connectivity index (χ2n) is 4.35. The van der Waals surface area contributed by atoms with Gasteiger partial charge < -0.3 is 10.0 Å². The molecule has 2 nitrogen and oxygen atoms in total. The number of aliphatic hydroxyl groups excluding tert-OH is 1. The van der Waals surface area contributed by atoms with Crippen molar-refractivity contribution in [2.75, 3.05) is 18.0 Å². The van der Waals surface area contributed by atoms with Crippen LogP contribution in [0.15, 0.2) is 34.3 Å². The summed E-state index contributed by atoms with van der Waals surface area (Å²) in [6.07, 6.45) is -3.04. The largest absolute Gasteiger partial charge is 0.412 e. The Morgan fingerprint density at radius 2 is 2.05 bits per heavy atom. The molecule has 1 heterocycles. The van der Waals surface area contributed by atoms with Gasteiger partial charge in [0.2, 0.25) is 0 Å². The zero-order valence-corrected chi connectivity index (χ0v) is 11.6. The summed E-state index contributed by atoms with van der Waals surface area (Å²) in [5.41, 5.74) is 1.02. The summed E-state index contributed by atoms with van der Waals surface area (Å²) < 4.78 is 38.4. The Balaban J connectivity index is 2.20. The van der Waals surface area contributed by atoms with Crippen LogP contribution in [0.4, 0.5) is 18.9 Å². The highest BCUT2D eigenvalue weighted by Crippen LogP contribution is 2.33.